The SMILES string of the molecule is CCCCN.I.[SnH2]. The second-order valence-electron chi connectivity index (χ2n) is 1.14. The quantitative estimate of drug-likeness (QED) is 0.580. The zero-order valence-corrected chi connectivity index (χ0v) is 11.2. The van der Waals surface area contributed by atoms with Crippen molar-refractivity contribution >= 4 is 47.9 Å². The molecule has 0 aromatic rings. The maximum absolute atomic E-state index is 5.14. The number of unbranched alkanes of at least 4 members (excludes halogenated alkanes) is 1. The zero-order chi connectivity index (χ0) is 4.12. The van der Waals surface area contributed by atoms with Crippen molar-refractivity contribution in [1.29, 1.82) is 0 Å². The van der Waals surface area contributed by atoms with Gasteiger partial charge in [-0.1, -0.05) is 13.3 Å². The molecule has 2 radical (unpaired) electrons. The first-order valence-corrected chi connectivity index (χ1v) is 2.12. The average Bonchev–Trinajstić information content (AvgIpc) is 1.41. The Hall–Kier alpha value is 1.49. The van der Waals surface area contributed by atoms with Crippen molar-refractivity contribution in [3.05, 3.63) is 0 Å². The Bertz CT molecular complexity index is 19.2. The molecule has 0 aromatic heterocycles. The molecule has 7 heavy (non-hydrogen) atoms. The third kappa shape index (κ3) is 18.5. The average molecular weight is 322 g/mol. The van der Waals surface area contributed by atoms with Gasteiger partial charge in [0.25, 0.3) is 0 Å². The van der Waals surface area contributed by atoms with Crippen LogP contribution >= 0.6 is 24.0 Å². The van der Waals surface area contributed by atoms with E-state index < -0.39 is 0 Å². The van der Waals surface area contributed by atoms with Crippen LogP contribution in [-0.4, -0.2) is 30.5 Å². The monoisotopic (exact) mass is 323 g/mol. The van der Waals surface area contributed by atoms with Crippen LogP contribution in [-0.2, 0) is 0 Å². The summed E-state index contributed by atoms with van der Waals surface area (Å²) in [6.07, 6.45) is 2.39. The fourth-order valence-corrected chi connectivity index (χ4v) is 0.204. The molecule has 2 N–H and O–H groups in total. The topological polar surface area (TPSA) is 26.0 Å². The molecule has 0 aliphatic carbocycles. The Morgan fingerprint density at radius 2 is 1.86 bits per heavy atom. The molecule has 0 atom stereocenters. The predicted molar refractivity (Wildman–Crippen MR) is 47.9 cm³/mol. The van der Waals surface area contributed by atoms with E-state index in [1.165, 1.54) is 12.8 Å². The molecule has 0 amide bonds. The van der Waals surface area contributed by atoms with Gasteiger partial charge in [0.15, 0.2) is 0 Å². The maximum atomic E-state index is 5.14. The standard InChI is InChI=1S/C4H11N.HI.Sn.2H/c1-2-3-4-5;;;;/h2-5H2,1H3;1H;;;. The first-order valence-electron chi connectivity index (χ1n) is 2.12. The van der Waals surface area contributed by atoms with Crippen LogP contribution in [0.4, 0.5) is 0 Å². The molecule has 0 aromatic carbocycles. The van der Waals surface area contributed by atoms with E-state index in [0.717, 1.165) is 6.54 Å². The molecule has 0 fully saturated rings. The molecule has 0 saturated carbocycles. The Kier molecular flexibility index (Phi) is 35.3. The molecule has 0 aliphatic rings. The number of rotatable bonds is 2. The van der Waals surface area contributed by atoms with Crippen molar-refractivity contribution in [1.82, 2.24) is 0 Å². The van der Waals surface area contributed by atoms with Crippen LogP contribution < -0.4 is 5.73 Å². The van der Waals surface area contributed by atoms with Gasteiger partial charge >= 0.3 is 23.9 Å². The Balaban J connectivity index is -0.0000000800. The van der Waals surface area contributed by atoms with Gasteiger partial charge < -0.3 is 5.73 Å². The van der Waals surface area contributed by atoms with Crippen LogP contribution in [0.5, 0.6) is 0 Å². The van der Waals surface area contributed by atoms with Gasteiger partial charge in [-0.2, -0.15) is 0 Å². The number of hydrogen-bond acceptors (Lipinski definition) is 1. The van der Waals surface area contributed by atoms with E-state index in [1.54, 1.807) is 0 Å². The molecule has 0 unspecified atom stereocenters. The second kappa shape index (κ2) is 15.6. The van der Waals surface area contributed by atoms with Crippen LogP contribution in [0, 0.1) is 0 Å². The molecule has 0 rings (SSSR count). The van der Waals surface area contributed by atoms with Gasteiger partial charge in [-0.3, -0.25) is 0 Å². The fourth-order valence-electron chi connectivity index (χ4n) is 0.204. The van der Waals surface area contributed by atoms with Gasteiger partial charge in [-0.05, 0) is 13.0 Å². The zero-order valence-electron chi connectivity index (χ0n) is 4.81. The summed E-state index contributed by atoms with van der Waals surface area (Å²) in [7, 11) is 0. The normalized spacial score (nSPS) is 6.00. The first kappa shape index (κ1) is 15.8. The van der Waals surface area contributed by atoms with E-state index in [0.29, 0.717) is 0 Å². The van der Waals surface area contributed by atoms with E-state index in [-0.39, 0.29) is 47.9 Å². The van der Waals surface area contributed by atoms with Crippen LogP contribution in [0.15, 0.2) is 0 Å². The Labute approximate surface area is 79.4 Å². The van der Waals surface area contributed by atoms with E-state index in [2.05, 4.69) is 6.92 Å². The summed E-state index contributed by atoms with van der Waals surface area (Å²) in [4.78, 5) is 0. The Morgan fingerprint density at radius 3 is 1.86 bits per heavy atom. The second-order valence-corrected chi connectivity index (χ2v) is 1.14. The molecule has 46 valence electrons. The predicted octanol–water partition coefficient (Wildman–Crippen LogP) is 0.447. The van der Waals surface area contributed by atoms with Gasteiger partial charge in [0.2, 0.25) is 0 Å². The van der Waals surface area contributed by atoms with Crippen molar-refractivity contribution in [2.24, 2.45) is 5.73 Å². The summed E-state index contributed by atoms with van der Waals surface area (Å²) in [5.74, 6) is 0. The summed E-state index contributed by atoms with van der Waals surface area (Å²) < 4.78 is 0. The van der Waals surface area contributed by atoms with Gasteiger partial charge in [-0.15, -0.1) is 24.0 Å². The molecule has 0 spiro atoms. The molecule has 0 bridgehead atoms. The van der Waals surface area contributed by atoms with E-state index in [9.17, 15) is 0 Å². The third-order valence-electron chi connectivity index (χ3n) is 0.558. The van der Waals surface area contributed by atoms with Crippen molar-refractivity contribution in [2.75, 3.05) is 6.54 Å². The van der Waals surface area contributed by atoms with Crippen LogP contribution in [0.3, 0.4) is 0 Å². The summed E-state index contributed by atoms with van der Waals surface area (Å²) >= 11 is 0. The van der Waals surface area contributed by atoms with Gasteiger partial charge in [0, 0.05) is 0 Å². The number of nitrogens with two attached hydrogens (primary N) is 1. The molecular weight excluding hydrogens is 308 g/mol. The van der Waals surface area contributed by atoms with Crippen molar-refractivity contribution < 1.29 is 0 Å². The molecule has 1 nitrogen and oxygen atoms in total. The minimum absolute atomic E-state index is 0. The molecule has 0 saturated heterocycles. The third-order valence-corrected chi connectivity index (χ3v) is 0.558. The summed E-state index contributed by atoms with van der Waals surface area (Å²) in [5, 5.41) is 0. The van der Waals surface area contributed by atoms with Crippen LogP contribution in [0.25, 0.3) is 0 Å². The van der Waals surface area contributed by atoms with E-state index in [1.807, 2.05) is 0 Å². The summed E-state index contributed by atoms with van der Waals surface area (Å²) in [5.41, 5.74) is 5.14. The Morgan fingerprint density at radius 1 is 1.43 bits per heavy atom. The van der Waals surface area contributed by atoms with Crippen molar-refractivity contribution in [3.63, 3.8) is 0 Å². The molecule has 0 aliphatic heterocycles. The first-order chi connectivity index (χ1) is 2.41. The van der Waals surface area contributed by atoms with E-state index in [4.69, 9.17) is 5.73 Å². The van der Waals surface area contributed by atoms with Crippen LogP contribution in [0.2, 0.25) is 0 Å². The van der Waals surface area contributed by atoms with Gasteiger partial charge in [0.05, 0.1) is 0 Å². The molecule has 3 heteroatoms. The van der Waals surface area contributed by atoms with E-state index >= 15 is 0 Å². The molecule has 0 heterocycles. The number of halogens is 1. The van der Waals surface area contributed by atoms with Crippen molar-refractivity contribution in [3.8, 4) is 0 Å². The minimum atomic E-state index is 0. The van der Waals surface area contributed by atoms with Crippen LogP contribution in [0.1, 0.15) is 19.8 Å². The number of hydrogen-bond donors (Lipinski definition) is 1. The fraction of sp³-hybridized carbons (Fsp3) is 1.00. The summed E-state index contributed by atoms with van der Waals surface area (Å²) in [6.45, 7) is 2.98. The molecular formula is C4H14INSn. The van der Waals surface area contributed by atoms with Crippen molar-refractivity contribution in [2.45, 2.75) is 19.8 Å². The van der Waals surface area contributed by atoms with Gasteiger partial charge in [-0.25, -0.2) is 0 Å². The van der Waals surface area contributed by atoms with Gasteiger partial charge in [0.1, 0.15) is 0 Å². The summed E-state index contributed by atoms with van der Waals surface area (Å²) in [6, 6.07) is 0.